The topological polar surface area (TPSA) is 94.2 Å². The van der Waals surface area contributed by atoms with Gasteiger partial charge in [-0.3, -0.25) is 9.80 Å². The number of nitrogens with zero attached hydrogens (tertiary/aromatic N) is 3. The Morgan fingerprint density at radius 2 is 1.92 bits per heavy atom. The highest BCUT2D eigenvalue weighted by Crippen LogP contribution is 2.37. The summed E-state index contributed by atoms with van der Waals surface area (Å²) in [6, 6.07) is 3.76. The third-order valence-electron chi connectivity index (χ3n) is 6.19. The Morgan fingerprint density at radius 1 is 1.22 bits per heavy atom. The lowest BCUT2D eigenvalue weighted by Crippen LogP contribution is -2.59. The summed E-state index contributed by atoms with van der Waals surface area (Å²) in [6.07, 6.45) is 0. The summed E-state index contributed by atoms with van der Waals surface area (Å²) in [4.78, 5) is 44.3. The van der Waals surface area contributed by atoms with Gasteiger partial charge >= 0.3 is 18.0 Å². The molecule has 0 aliphatic carbocycles. The van der Waals surface area contributed by atoms with Gasteiger partial charge in [-0.15, -0.1) is 0 Å². The molecule has 198 valence electrons. The number of benzene rings is 1. The van der Waals surface area contributed by atoms with Crippen LogP contribution in [0.4, 0.5) is 9.59 Å². The van der Waals surface area contributed by atoms with Crippen LogP contribution in [0.1, 0.15) is 46.2 Å². The average molecular weight is 540 g/mol. The van der Waals surface area contributed by atoms with Crippen molar-refractivity contribution in [2.24, 2.45) is 0 Å². The summed E-state index contributed by atoms with van der Waals surface area (Å²) >= 11 is 12.7. The van der Waals surface area contributed by atoms with E-state index in [1.165, 1.54) is 4.90 Å². The van der Waals surface area contributed by atoms with E-state index in [0.717, 1.165) is 0 Å². The molecule has 0 spiro atoms. The van der Waals surface area contributed by atoms with E-state index in [-0.39, 0.29) is 35.3 Å². The van der Waals surface area contributed by atoms with Crippen molar-refractivity contribution in [3.8, 4) is 0 Å². The second kappa shape index (κ2) is 11.3. The minimum Gasteiger partial charge on any atom is -0.463 e. The number of likely N-dealkylation sites (N-methyl/N-ethyl adjacent to an activating group) is 1. The van der Waals surface area contributed by atoms with Crippen LogP contribution < -0.4 is 10.6 Å². The first-order valence-corrected chi connectivity index (χ1v) is 12.8. The lowest BCUT2D eigenvalue weighted by atomic mass is 9.94. The first kappa shape index (κ1) is 28.1. The zero-order chi connectivity index (χ0) is 26.8. The summed E-state index contributed by atoms with van der Waals surface area (Å²) in [5, 5.41) is 6.47. The van der Waals surface area contributed by atoms with Crippen LogP contribution >= 0.6 is 23.2 Å². The molecule has 2 aliphatic rings. The molecule has 2 heterocycles. The Bertz CT molecular complexity index is 1060. The third-order valence-corrected chi connectivity index (χ3v) is 7.03. The van der Waals surface area contributed by atoms with Crippen molar-refractivity contribution in [3.63, 3.8) is 0 Å². The van der Waals surface area contributed by atoms with Crippen LogP contribution in [0.3, 0.4) is 0 Å². The zero-order valence-corrected chi connectivity index (χ0v) is 23.2. The van der Waals surface area contributed by atoms with Crippen molar-refractivity contribution in [3.05, 3.63) is 45.1 Å². The second-order valence-electron chi connectivity index (χ2n) is 10.1. The number of hydrogen-bond acceptors (Lipinski definition) is 5. The highest BCUT2D eigenvalue weighted by Gasteiger charge is 2.39. The fourth-order valence-corrected chi connectivity index (χ4v) is 4.87. The molecule has 1 aromatic carbocycles. The first-order chi connectivity index (χ1) is 16.8. The van der Waals surface area contributed by atoms with Crippen LogP contribution in [-0.4, -0.2) is 84.1 Å². The molecule has 0 unspecified atom stereocenters. The standard InChI is InChI=1S/C25H35Cl2N5O4/c1-7-36-22(33)19-18(14-31-11-12-32(15(2)13-31)24(35)29-25(3,4)5)30(6)23(34)28-21(19)16-9-8-10-17(26)20(16)27/h8-10,15,21H,7,11-14H2,1-6H3,(H,28,34)(H,29,35)/t15-,21-/m1/s1. The number of carbonyl (C=O) groups excluding carboxylic acids is 3. The number of urea groups is 2. The molecule has 0 radical (unpaired) electrons. The van der Waals surface area contributed by atoms with Gasteiger partial charge in [-0.1, -0.05) is 35.3 Å². The summed E-state index contributed by atoms with van der Waals surface area (Å²) in [5.41, 5.74) is 1.02. The van der Waals surface area contributed by atoms with Crippen molar-refractivity contribution >= 4 is 41.2 Å². The number of piperazine rings is 1. The fraction of sp³-hybridized carbons (Fsp3) is 0.560. The van der Waals surface area contributed by atoms with Gasteiger partial charge in [0.15, 0.2) is 0 Å². The Morgan fingerprint density at radius 3 is 2.53 bits per heavy atom. The van der Waals surface area contributed by atoms with E-state index in [0.29, 0.717) is 48.0 Å². The zero-order valence-electron chi connectivity index (χ0n) is 21.7. The molecule has 11 heteroatoms. The molecule has 9 nitrogen and oxygen atoms in total. The monoisotopic (exact) mass is 539 g/mol. The Balaban J connectivity index is 1.93. The minimum absolute atomic E-state index is 0.0614. The lowest BCUT2D eigenvalue weighted by molar-refractivity contribution is -0.139. The summed E-state index contributed by atoms with van der Waals surface area (Å²) in [6.45, 7) is 11.7. The van der Waals surface area contributed by atoms with Gasteiger partial charge in [0.05, 0.1) is 28.3 Å². The van der Waals surface area contributed by atoms with E-state index in [2.05, 4.69) is 15.5 Å². The number of amides is 4. The molecule has 2 aliphatic heterocycles. The van der Waals surface area contributed by atoms with E-state index in [1.807, 2.05) is 32.6 Å². The number of halogens is 2. The smallest absolute Gasteiger partial charge is 0.338 e. The van der Waals surface area contributed by atoms with Gasteiger partial charge in [0, 0.05) is 50.5 Å². The Hall–Kier alpha value is -2.49. The van der Waals surface area contributed by atoms with E-state index >= 15 is 0 Å². The van der Waals surface area contributed by atoms with Crippen molar-refractivity contribution < 1.29 is 19.1 Å². The van der Waals surface area contributed by atoms with Crippen LogP contribution in [0.25, 0.3) is 0 Å². The van der Waals surface area contributed by atoms with E-state index < -0.39 is 12.0 Å². The molecule has 1 fully saturated rings. The largest absolute Gasteiger partial charge is 0.463 e. The number of hydrogen-bond donors (Lipinski definition) is 2. The maximum Gasteiger partial charge on any atom is 0.338 e. The number of esters is 1. The fourth-order valence-electron chi connectivity index (χ4n) is 4.46. The molecule has 2 N–H and O–H groups in total. The molecule has 4 amide bonds. The average Bonchev–Trinajstić information content (AvgIpc) is 2.77. The lowest BCUT2D eigenvalue weighted by Gasteiger charge is -2.43. The second-order valence-corrected chi connectivity index (χ2v) is 10.9. The first-order valence-electron chi connectivity index (χ1n) is 12.0. The number of rotatable bonds is 5. The van der Waals surface area contributed by atoms with Crippen LogP contribution in [0.15, 0.2) is 29.5 Å². The van der Waals surface area contributed by atoms with Crippen molar-refractivity contribution in [2.45, 2.75) is 52.2 Å². The van der Waals surface area contributed by atoms with Crippen molar-refractivity contribution in [1.29, 1.82) is 0 Å². The highest BCUT2D eigenvalue weighted by atomic mass is 35.5. The molecule has 3 rings (SSSR count). The quantitative estimate of drug-likeness (QED) is 0.551. The van der Waals surface area contributed by atoms with Gasteiger partial charge < -0.3 is 20.3 Å². The normalized spacial score (nSPS) is 21.4. The molecule has 1 saturated heterocycles. The minimum atomic E-state index is -0.815. The molecule has 0 saturated carbocycles. The molecular formula is C25H35Cl2N5O4. The molecule has 36 heavy (non-hydrogen) atoms. The predicted molar refractivity (Wildman–Crippen MR) is 140 cm³/mol. The van der Waals surface area contributed by atoms with E-state index in [1.54, 1.807) is 32.2 Å². The summed E-state index contributed by atoms with van der Waals surface area (Å²) < 4.78 is 5.39. The third kappa shape index (κ3) is 6.25. The van der Waals surface area contributed by atoms with Gasteiger partial charge in [0.1, 0.15) is 0 Å². The van der Waals surface area contributed by atoms with E-state index in [4.69, 9.17) is 27.9 Å². The van der Waals surface area contributed by atoms with Gasteiger partial charge in [0.2, 0.25) is 0 Å². The molecule has 1 aromatic rings. The number of nitrogens with one attached hydrogen (secondary N) is 2. The molecule has 0 aromatic heterocycles. The van der Waals surface area contributed by atoms with Gasteiger partial charge in [-0.2, -0.15) is 0 Å². The number of ether oxygens (including phenoxy) is 1. The van der Waals surface area contributed by atoms with Gasteiger partial charge in [-0.25, -0.2) is 14.4 Å². The van der Waals surface area contributed by atoms with Crippen molar-refractivity contribution in [2.75, 3.05) is 39.8 Å². The van der Waals surface area contributed by atoms with Crippen molar-refractivity contribution in [1.82, 2.24) is 25.3 Å². The Kier molecular flexibility index (Phi) is 8.80. The van der Waals surface area contributed by atoms with Crippen LogP contribution in [0.5, 0.6) is 0 Å². The maximum absolute atomic E-state index is 13.2. The molecule has 2 atom stereocenters. The summed E-state index contributed by atoms with van der Waals surface area (Å²) in [7, 11) is 1.62. The van der Waals surface area contributed by atoms with Crippen LogP contribution in [0.2, 0.25) is 10.0 Å². The maximum atomic E-state index is 13.2. The number of carbonyl (C=O) groups is 3. The molecule has 0 bridgehead atoms. The highest BCUT2D eigenvalue weighted by molar-refractivity contribution is 6.42. The van der Waals surface area contributed by atoms with E-state index in [9.17, 15) is 14.4 Å². The van der Waals surface area contributed by atoms with Crippen LogP contribution in [-0.2, 0) is 9.53 Å². The Labute approximate surface area is 222 Å². The van der Waals surface area contributed by atoms with Crippen LogP contribution in [0, 0.1) is 0 Å². The van der Waals surface area contributed by atoms with Gasteiger partial charge in [-0.05, 0) is 46.2 Å². The summed E-state index contributed by atoms with van der Waals surface area (Å²) in [5.74, 6) is -0.531. The predicted octanol–water partition coefficient (Wildman–Crippen LogP) is 4.02. The van der Waals surface area contributed by atoms with Gasteiger partial charge in [0.25, 0.3) is 0 Å². The SMILES string of the molecule is CCOC(=O)C1=C(CN2CCN(C(=O)NC(C)(C)C)[C@H](C)C2)N(C)C(=O)N[C@@H]1c1cccc(Cl)c1Cl. The molecular weight excluding hydrogens is 505 g/mol.